The monoisotopic (exact) mass is 522 g/mol. The Labute approximate surface area is 230 Å². The minimum Gasteiger partial charge on any atom is -0.478 e. The second kappa shape index (κ2) is 11.5. The van der Waals surface area contributed by atoms with Gasteiger partial charge in [-0.1, -0.05) is 81.5 Å². The van der Waals surface area contributed by atoms with Crippen LogP contribution in [-0.2, 0) is 6.54 Å². The van der Waals surface area contributed by atoms with Gasteiger partial charge in [-0.2, -0.15) is 0 Å². The molecule has 0 spiro atoms. The Morgan fingerprint density at radius 3 is 2.41 bits per heavy atom. The molecule has 0 bridgehead atoms. The highest BCUT2D eigenvalue weighted by molar-refractivity contribution is 5.99. The van der Waals surface area contributed by atoms with Crippen molar-refractivity contribution >= 4 is 22.8 Å². The third kappa shape index (κ3) is 5.63. The Balaban J connectivity index is 1.32. The fourth-order valence-corrected chi connectivity index (χ4v) is 6.11. The lowest BCUT2D eigenvalue weighted by atomic mass is 9.81. The van der Waals surface area contributed by atoms with E-state index >= 15 is 0 Å². The zero-order valence-corrected chi connectivity index (χ0v) is 23.2. The number of carbonyl (C=O) groups is 2. The summed E-state index contributed by atoms with van der Waals surface area (Å²) in [5.74, 6) is 0.307. The van der Waals surface area contributed by atoms with Crippen LogP contribution in [0.5, 0.6) is 0 Å². The molecule has 2 N–H and O–H groups in total. The van der Waals surface area contributed by atoms with Crippen LogP contribution in [0, 0.1) is 25.7 Å². The Hall–Kier alpha value is -3.86. The highest BCUT2D eigenvalue weighted by Crippen LogP contribution is 2.31. The molecule has 5 rings (SSSR count). The van der Waals surface area contributed by atoms with E-state index in [9.17, 15) is 14.7 Å². The summed E-state index contributed by atoms with van der Waals surface area (Å²) in [5.41, 5.74) is 7.21. The van der Waals surface area contributed by atoms with Crippen LogP contribution in [0.3, 0.4) is 0 Å². The lowest BCUT2D eigenvalue weighted by molar-refractivity contribution is 0.0697. The molecule has 1 aliphatic carbocycles. The molecular formula is C34H38N2O3. The van der Waals surface area contributed by atoms with Crippen molar-refractivity contribution in [2.24, 2.45) is 11.8 Å². The van der Waals surface area contributed by atoms with Crippen LogP contribution in [0.1, 0.15) is 76.6 Å². The van der Waals surface area contributed by atoms with Crippen molar-refractivity contribution in [1.82, 2.24) is 9.88 Å². The van der Waals surface area contributed by atoms with Crippen LogP contribution in [0.4, 0.5) is 0 Å². The summed E-state index contributed by atoms with van der Waals surface area (Å²) < 4.78 is 2.29. The van der Waals surface area contributed by atoms with Crippen molar-refractivity contribution < 1.29 is 14.7 Å². The van der Waals surface area contributed by atoms with Gasteiger partial charge in [0, 0.05) is 35.2 Å². The molecule has 1 aromatic heterocycles. The molecule has 1 amide bonds. The van der Waals surface area contributed by atoms with Crippen molar-refractivity contribution in [3.63, 3.8) is 0 Å². The second-order valence-electron chi connectivity index (χ2n) is 11.2. The first-order valence-electron chi connectivity index (χ1n) is 14.1. The number of hydrogen-bond acceptors (Lipinski definition) is 2. The summed E-state index contributed by atoms with van der Waals surface area (Å²) in [7, 11) is 0. The molecule has 39 heavy (non-hydrogen) atoms. The Morgan fingerprint density at radius 1 is 0.974 bits per heavy atom. The van der Waals surface area contributed by atoms with Gasteiger partial charge < -0.3 is 15.0 Å². The molecule has 1 atom stereocenters. The Morgan fingerprint density at radius 2 is 1.69 bits per heavy atom. The number of rotatable bonds is 8. The van der Waals surface area contributed by atoms with Crippen LogP contribution >= 0.6 is 0 Å². The molecule has 0 radical (unpaired) electrons. The Kier molecular flexibility index (Phi) is 7.87. The van der Waals surface area contributed by atoms with Gasteiger partial charge in [0.05, 0.1) is 5.56 Å². The molecule has 0 aliphatic heterocycles. The first kappa shape index (κ1) is 26.7. The number of nitrogens with zero attached hydrogens (tertiary/aromatic N) is 1. The van der Waals surface area contributed by atoms with E-state index in [0.717, 1.165) is 34.5 Å². The van der Waals surface area contributed by atoms with Crippen molar-refractivity contribution in [2.75, 3.05) is 6.54 Å². The maximum absolute atomic E-state index is 13.0. The largest absolute Gasteiger partial charge is 0.478 e. The van der Waals surface area contributed by atoms with Crippen LogP contribution in [0.15, 0.2) is 66.7 Å². The zero-order valence-electron chi connectivity index (χ0n) is 23.2. The van der Waals surface area contributed by atoms with Gasteiger partial charge in [-0.05, 0) is 72.2 Å². The summed E-state index contributed by atoms with van der Waals surface area (Å²) in [5, 5.41) is 13.8. The predicted octanol–water partition coefficient (Wildman–Crippen LogP) is 7.62. The van der Waals surface area contributed by atoms with Crippen molar-refractivity contribution in [3.8, 4) is 11.1 Å². The average Bonchev–Trinajstić information content (AvgIpc) is 3.20. The summed E-state index contributed by atoms with van der Waals surface area (Å²) in [6.07, 6.45) is 6.55. The van der Waals surface area contributed by atoms with Crippen molar-refractivity contribution in [1.29, 1.82) is 0 Å². The number of amides is 1. The number of carbonyl (C=O) groups excluding carboxylic acids is 1. The summed E-state index contributed by atoms with van der Waals surface area (Å²) >= 11 is 0. The third-order valence-corrected chi connectivity index (χ3v) is 8.70. The number of aryl methyl sites for hydroxylation is 1. The fourth-order valence-electron chi connectivity index (χ4n) is 6.11. The maximum Gasteiger partial charge on any atom is 0.336 e. The molecule has 1 heterocycles. The van der Waals surface area contributed by atoms with Gasteiger partial charge >= 0.3 is 5.97 Å². The van der Waals surface area contributed by atoms with E-state index < -0.39 is 5.97 Å². The lowest BCUT2D eigenvalue weighted by Gasteiger charge is -2.27. The van der Waals surface area contributed by atoms with Gasteiger partial charge in [0.25, 0.3) is 5.91 Å². The van der Waals surface area contributed by atoms with Gasteiger partial charge in [-0.25, -0.2) is 4.79 Å². The van der Waals surface area contributed by atoms with Crippen molar-refractivity contribution in [3.05, 3.63) is 94.7 Å². The maximum atomic E-state index is 13.0. The standard InChI is InChI=1S/C34H38N2O3/c1-22(26-9-5-4-6-10-26)20-35-33(37)28-17-18-32-31(19-28)23(2)24(3)36(32)21-25-13-15-27(16-14-25)29-11-7-8-12-30(29)34(38)39/h7-8,11-19,22,26H,4-6,9-10,20-21H2,1-3H3,(H,35,37)(H,38,39)/t22-/m0/s1. The van der Waals surface area contributed by atoms with E-state index in [4.69, 9.17) is 0 Å². The summed E-state index contributed by atoms with van der Waals surface area (Å²) in [4.78, 5) is 24.7. The van der Waals surface area contributed by atoms with E-state index in [1.54, 1.807) is 12.1 Å². The highest BCUT2D eigenvalue weighted by atomic mass is 16.4. The fraction of sp³-hybridized carbons (Fsp3) is 0.353. The third-order valence-electron chi connectivity index (χ3n) is 8.70. The second-order valence-corrected chi connectivity index (χ2v) is 11.2. The molecular weight excluding hydrogens is 484 g/mol. The number of nitrogens with one attached hydrogen (secondary N) is 1. The molecule has 1 aliphatic rings. The van der Waals surface area contributed by atoms with Crippen LogP contribution in [0.2, 0.25) is 0 Å². The summed E-state index contributed by atoms with van der Waals surface area (Å²) in [6, 6.07) is 21.2. The van der Waals surface area contributed by atoms with Crippen LogP contribution < -0.4 is 5.32 Å². The van der Waals surface area contributed by atoms with E-state index in [-0.39, 0.29) is 5.91 Å². The predicted molar refractivity (Wildman–Crippen MR) is 157 cm³/mol. The molecule has 5 heteroatoms. The lowest BCUT2D eigenvalue weighted by Crippen LogP contribution is -2.32. The van der Waals surface area contributed by atoms with Gasteiger partial charge in [-0.3, -0.25) is 4.79 Å². The molecule has 0 saturated heterocycles. The SMILES string of the molecule is Cc1c(C)n(Cc2ccc(-c3ccccc3C(=O)O)cc2)c2ccc(C(=O)NC[C@H](C)C3CCCCC3)cc12. The number of fused-ring (bicyclic) bond motifs is 1. The number of benzene rings is 3. The van der Waals surface area contributed by atoms with E-state index in [1.807, 2.05) is 36.4 Å². The molecule has 0 unspecified atom stereocenters. The molecule has 5 nitrogen and oxygen atoms in total. The molecule has 202 valence electrons. The van der Waals surface area contributed by atoms with Gasteiger partial charge in [0.15, 0.2) is 0 Å². The van der Waals surface area contributed by atoms with Gasteiger partial charge in [-0.15, -0.1) is 0 Å². The number of hydrogen-bond donors (Lipinski definition) is 2. The molecule has 1 fully saturated rings. The minimum absolute atomic E-state index is 0.00148. The van der Waals surface area contributed by atoms with Crippen LogP contribution in [-0.4, -0.2) is 28.1 Å². The van der Waals surface area contributed by atoms with E-state index in [0.29, 0.717) is 29.2 Å². The molecule has 4 aromatic rings. The average molecular weight is 523 g/mol. The topological polar surface area (TPSA) is 71.3 Å². The first-order valence-corrected chi connectivity index (χ1v) is 14.1. The normalized spacial score (nSPS) is 14.8. The van der Waals surface area contributed by atoms with E-state index in [1.165, 1.54) is 43.4 Å². The molecule has 3 aromatic carbocycles. The number of aromatic nitrogens is 1. The summed E-state index contributed by atoms with van der Waals surface area (Å²) in [6.45, 7) is 7.94. The molecule has 1 saturated carbocycles. The van der Waals surface area contributed by atoms with Crippen molar-refractivity contribution in [2.45, 2.75) is 59.4 Å². The quantitative estimate of drug-likeness (QED) is 0.250. The minimum atomic E-state index is -0.925. The van der Waals surface area contributed by atoms with E-state index in [2.05, 4.69) is 48.9 Å². The number of carboxylic acids is 1. The number of aromatic carboxylic acids is 1. The Bertz CT molecular complexity index is 1490. The van der Waals surface area contributed by atoms with Crippen LogP contribution in [0.25, 0.3) is 22.0 Å². The van der Waals surface area contributed by atoms with Gasteiger partial charge in [0.1, 0.15) is 0 Å². The highest BCUT2D eigenvalue weighted by Gasteiger charge is 2.21. The number of carboxylic acid groups (broad SMARTS) is 1. The zero-order chi connectivity index (χ0) is 27.5. The smallest absolute Gasteiger partial charge is 0.336 e. The van der Waals surface area contributed by atoms with Gasteiger partial charge in [0.2, 0.25) is 0 Å². The first-order chi connectivity index (χ1) is 18.8.